The second-order valence-corrected chi connectivity index (χ2v) is 5.96. The van der Waals surface area contributed by atoms with Crippen molar-refractivity contribution in [2.45, 2.75) is 13.3 Å². The van der Waals surface area contributed by atoms with Crippen molar-refractivity contribution in [2.24, 2.45) is 10.2 Å². The first-order valence-electron chi connectivity index (χ1n) is 6.82. The Morgan fingerprint density at radius 3 is 2.45 bits per heavy atom. The number of ether oxygens (including phenoxy) is 1. The molecule has 1 aliphatic heterocycles. The highest BCUT2D eigenvalue weighted by molar-refractivity contribution is 6.33. The van der Waals surface area contributed by atoms with Gasteiger partial charge in [0.2, 0.25) is 0 Å². The summed E-state index contributed by atoms with van der Waals surface area (Å²) in [6, 6.07) is 11.4. The van der Waals surface area contributed by atoms with Crippen LogP contribution in [0.5, 0.6) is 5.75 Å². The van der Waals surface area contributed by atoms with E-state index in [9.17, 15) is 0 Å². The molecule has 0 spiro atoms. The molecule has 0 saturated heterocycles. The number of hydrogen-bond acceptors (Lipinski definition) is 3. The van der Waals surface area contributed by atoms with Gasteiger partial charge in [-0.25, -0.2) is 0 Å². The van der Waals surface area contributed by atoms with Crippen LogP contribution in [0, 0.1) is 0 Å². The van der Waals surface area contributed by atoms with E-state index in [4.69, 9.17) is 27.9 Å². The van der Waals surface area contributed by atoms with E-state index in [1.54, 1.807) is 7.11 Å². The first kappa shape index (κ1) is 15.1. The Labute approximate surface area is 139 Å². The Balaban J connectivity index is 2.19. The Morgan fingerprint density at radius 2 is 1.77 bits per heavy atom. The van der Waals surface area contributed by atoms with E-state index in [-0.39, 0.29) is 0 Å². The van der Waals surface area contributed by atoms with E-state index >= 15 is 0 Å². The van der Waals surface area contributed by atoms with Crippen molar-refractivity contribution < 1.29 is 4.74 Å². The summed E-state index contributed by atoms with van der Waals surface area (Å²) in [5, 5.41) is 9.94. The summed E-state index contributed by atoms with van der Waals surface area (Å²) in [6.45, 7) is 1.96. The quantitative estimate of drug-likeness (QED) is 0.779. The lowest BCUT2D eigenvalue weighted by Crippen LogP contribution is -2.07. The van der Waals surface area contributed by atoms with Gasteiger partial charge in [0.1, 0.15) is 11.5 Å². The molecular formula is C17H14Cl2N2O. The summed E-state index contributed by atoms with van der Waals surface area (Å²) >= 11 is 12.3. The minimum absolute atomic E-state index is 0.558. The van der Waals surface area contributed by atoms with Gasteiger partial charge in [0, 0.05) is 28.3 Å². The zero-order valence-electron chi connectivity index (χ0n) is 12.2. The molecule has 3 rings (SSSR count). The molecule has 0 saturated carbocycles. The summed E-state index contributed by atoms with van der Waals surface area (Å²) in [7, 11) is 1.61. The summed E-state index contributed by atoms with van der Waals surface area (Å²) in [4.78, 5) is 0. The highest BCUT2D eigenvalue weighted by Crippen LogP contribution is 2.31. The molecule has 5 heteroatoms. The highest BCUT2D eigenvalue weighted by atomic mass is 35.5. The van der Waals surface area contributed by atoms with Crippen LogP contribution in [0.25, 0.3) is 0 Å². The van der Waals surface area contributed by atoms with Gasteiger partial charge in [0.25, 0.3) is 0 Å². The Bertz CT molecular complexity index is 780. The van der Waals surface area contributed by atoms with Crippen LogP contribution in [0.1, 0.15) is 23.6 Å². The molecule has 0 aromatic heterocycles. The van der Waals surface area contributed by atoms with Crippen LogP contribution in [-0.4, -0.2) is 18.5 Å². The molecule has 22 heavy (non-hydrogen) atoms. The van der Waals surface area contributed by atoms with E-state index < -0.39 is 0 Å². The van der Waals surface area contributed by atoms with Crippen molar-refractivity contribution in [3.8, 4) is 5.75 Å². The van der Waals surface area contributed by atoms with E-state index in [1.165, 1.54) is 0 Å². The van der Waals surface area contributed by atoms with Crippen LogP contribution in [0.3, 0.4) is 0 Å². The average Bonchev–Trinajstić information content (AvgIpc) is 2.66. The third-order valence-corrected chi connectivity index (χ3v) is 4.06. The minimum atomic E-state index is 0.558. The number of nitrogens with zero attached hydrogens (tertiary/aromatic N) is 2. The van der Waals surface area contributed by atoms with Gasteiger partial charge in [-0.05, 0) is 36.8 Å². The fourth-order valence-corrected chi connectivity index (χ4v) is 2.81. The van der Waals surface area contributed by atoms with E-state index in [2.05, 4.69) is 10.2 Å². The Hall–Kier alpha value is -1.84. The van der Waals surface area contributed by atoms with E-state index in [0.29, 0.717) is 22.2 Å². The van der Waals surface area contributed by atoms with Crippen molar-refractivity contribution >= 4 is 34.6 Å². The molecular weight excluding hydrogens is 319 g/mol. The maximum Gasteiger partial charge on any atom is 0.137 e. The normalized spacial score (nSPS) is 13.8. The molecule has 0 aliphatic carbocycles. The zero-order valence-corrected chi connectivity index (χ0v) is 13.7. The third-order valence-electron chi connectivity index (χ3n) is 3.52. The van der Waals surface area contributed by atoms with Gasteiger partial charge in [-0.2, -0.15) is 5.10 Å². The predicted molar refractivity (Wildman–Crippen MR) is 91.9 cm³/mol. The number of hydrogen-bond donors (Lipinski definition) is 0. The zero-order chi connectivity index (χ0) is 15.7. The first-order chi connectivity index (χ1) is 10.6. The standard InChI is InChI=1S/C17H14Cl2N2O/c1-10-7-12-8-16(22-2)15(19)9-14(12)17(21-20-10)11-3-5-13(18)6-4-11/h3-6,8-9H,7H2,1-2H3. The molecule has 1 aliphatic rings. The van der Waals surface area contributed by atoms with Crippen LogP contribution in [-0.2, 0) is 6.42 Å². The first-order valence-corrected chi connectivity index (χ1v) is 7.58. The van der Waals surface area contributed by atoms with Gasteiger partial charge >= 0.3 is 0 Å². The fourth-order valence-electron chi connectivity index (χ4n) is 2.44. The van der Waals surface area contributed by atoms with Crippen molar-refractivity contribution in [3.63, 3.8) is 0 Å². The van der Waals surface area contributed by atoms with Crippen molar-refractivity contribution in [2.75, 3.05) is 7.11 Å². The number of benzene rings is 2. The molecule has 0 bridgehead atoms. The number of halogens is 2. The SMILES string of the molecule is COc1cc2c(cc1Cl)C(c1ccc(Cl)cc1)=NN=C(C)C2. The second kappa shape index (κ2) is 6.11. The van der Waals surface area contributed by atoms with Gasteiger partial charge in [-0.1, -0.05) is 35.3 Å². The predicted octanol–water partition coefficient (Wildman–Crippen LogP) is 4.77. The van der Waals surface area contributed by atoms with Crippen molar-refractivity contribution in [3.05, 3.63) is 63.1 Å². The molecule has 112 valence electrons. The lowest BCUT2D eigenvalue weighted by atomic mass is 9.95. The number of methoxy groups -OCH3 is 1. The van der Waals surface area contributed by atoms with Crippen LogP contribution in [0.4, 0.5) is 0 Å². The van der Waals surface area contributed by atoms with Gasteiger partial charge in [0.15, 0.2) is 0 Å². The number of fused-ring (bicyclic) bond motifs is 1. The van der Waals surface area contributed by atoms with Crippen LogP contribution in [0.2, 0.25) is 10.0 Å². The maximum atomic E-state index is 6.29. The smallest absolute Gasteiger partial charge is 0.137 e. The second-order valence-electron chi connectivity index (χ2n) is 5.11. The number of rotatable bonds is 2. The lowest BCUT2D eigenvalue weighted by Gasteiger charge is -2.13. The maximum absolute atomic E-state index is 6.29. The molecule has 0 unspecified atom stereocenters. The molecule has 3 nitrogen and oxygen atoms in total. The lowest BCUT2D eigenvalue weighted by molar-refractivity contribution is 0.414. The Kier molecular flexibility index (Phi) is 4.19. The van der Waals surface area contributed by atoms with Gasteiger partial charge in [-0.3, -0.25) is 0 Å². The summed E-state index contributed by atoms with van der Waals surface area (Å²) in [5.41, 5.74) is 4.73. The van der Waals surface area contributed by atoms with Crippen LogP contribution >= 0.6 is 23.2 Å². The molecule has 0 fully saturated rings. The van der Waals surface area contributed by atoms with Crippen LogP contribution < -0.4 is 4.74 Å². The molecule has 0 N–H and O–H groups in total. The van der Waals surface area contributed by atoms with Gasteiger partial charge < -0.3 is 4.74 Å². The van der Waals surface area contributed by atoms with E-state index in [1.807, 2.05) is 43.3 Å². The summed E-state index contributed by atoms with van der Waals surface area (Å²) in [6.07, 6.45) is 0.712. The molecule has 0 amide bonds. The highest BCUT2D eigenvalue weighted by Gasteiger charge is 2.18. The third kappa shape index (κ3) is 2.87. The summed E-state index contributed by atoms with van der Waals surface area (Å²) in [5.74, 6) is 0.658. The molecule has 2 aromatic carbocycles. The Morgan fingerprint density at radius 1 is 1.05 bits per heavy atom. The van der Waals surface area contributed by atoms with Crippen molar-refractivity contribution in [1.82, 2.24) is 0 Å². The van der Waals surface area contributed by atoms with E-state index in [0.717, 1.165) is 28.1 Å². The topological polar surface area (TPSA) is 34.0 Å². The molecule has 1 heterocycles. The van der Waals surface area contributed by atoms with Gasteiger partial charge in [-0.15, -0.1) is 5.10 Å². The summed E-state index contributed by atoms with van der Waals surface area (Å²) < 4.78 is 5.31. The molecule has 2 aromatic rings. The fraction of sp³-hybridized carbons (Fsp3) is 0.176. The molecule has 0 atom stereocenters. The monoisotopic (exact) mass is 332 g/mol. The molecule has 0 radical (unpaired) electrons. The van der Waals surface area contributed by atoms with Crippen molar-refractivity contribution in [1.29, 1.82) is 0 Å². The largest absolute Gasteiger partial charge is 0.495 e. The average molecular weight is 333 g/mol. The van der Waals surface area contributed by atoms with Crippen LogP contribution in [0.15, 0.2) is 46.6 Å². The van der Waals surface area contributed by atoms with Gasteiger partial charge in [0.05, 0.1) is 12.1 Å². The minimum Gasteiger partial charge on any atom is -0.495 e.